The number of nitrogens with one attached hydrogen (secondary N) is 1. The molecule has 0 bridgehead atoms. The number of amides is 1. The number of hydrogen-bond acceptors (Lipinski definition) is 4. The first-order chi connectivity index (χ1) is 12.3. The summed E-state index contributed by atoms with van der Waals surface area (Å²) in [5, 5.41) is 2.77. The maximum Gasteiger partial charge on any atom is 0.407 e. The Kier molecular flexibility index (Phi) is 10.5. The summed E-state index contributed by atoms with van der Waals surface area (Å²) in [7, 11) is 0. The summed E-state index contributed by atoms with van der Waals surface area (Å²) in [5.41, 5.74) is 0.696. The van der Waals surface area contributed by atoms with Gasteiger partial charge in [0.1, 0.15) is 5.60 Å². The van der Waals surface area contributed by atoms with Crippen LogP contribution < -0.4 is 5.32 Å². The van der Waals surface area contributed by atoms with E-state index in [1.807, 2.05) is 52.0 Å². The van der Waals surface area contributed by atoms with E-state index in [2.05, 4.69) is 5.32 Å². The van der Waals surface area contributed by atoms with E-state index in [0.29, 0.717) is 18.0 Å². The van der Waals surface area contributed by atoms with E-state index in [1.165, 1.54) is 0 Å². The standard InChI is InChI=1S/C20H33NO4S/c1-17-11-13-18(14-12-17)26(23)24-16-10-8-6-5-7-9-15-21-19(22)25-20(2,3)4/h11-14H,5-10,15-16H2,1-4H3,(H,21,22). The highest BCUT2D eigenvalue weighted by Gasteiger charge is 2.15. The predicted molar refractivity (Wildman–Crippen MR) is 105 cm³/mol. The minimum absolute atomic E-state index is 0.351. The molecule has 1 amide bonds. The summed E-state index contributed by atoms with van der Waals surface area (Å²) < 4.78 is 22.5. The fourth-order valence-electron chi connectivity index (χ4n) is 2.29. The summed E-state index contributed by atoms with van der Waals surface area (Å²) >= 11 is -1.37. The molecule has 1 N–H and O–H groups in total. The van der Waals surface area contributed by atoms with E-state index < -0.39 is 16.7 Å². The van der Waals surface area contributed by atoms with Gasteiger partial charge >= 0.3 is 6.09 Å². The van der Waals surface area contributed by atoms with Crippen molar-refractivity contribution in [1.29, 1.82) is 0 Å². The van der Waals surface area contributed by atoms with Gasteiger partial charge in [-0.15, -0.1) is 0 Å². The van der Waals surface area contributed by atoms with E-state index in [1.54, 1.807) is 0 Å². The van der Waals surface area contributed by atoms with Crippen molar-refractivity contribution in [2.24, 2.45) is 0 Å². The summed E-state index contributed by atoms with van der Waals surface area (Å²) in [4.78, 5) is 12.2. The van der Waals surface area contributed by atoms with Gasteiger partial charge < -0.3 is 10.1 Å². The largest absolute Gasteiger partial charge is 0.444 e. The second-order valence-corrected chi connectivity index (χ2v) is 8.60. The highest BCUT2D eigenvalue weighted by molar-refractivity contribution is 7.80. The average molecular weight is 384 g/mol. The molecule has 1 unspecified atom stereocenters. The van der Waals surface area contributed by atoms with Crippen molar-refractivity contribution in [2.75, 3.05) is 13.2 Å². The molecule has 0 aliphatic heterocycles. The molecule has 0 aliphatic rings. The summed E-state index contributed by atoms with van der Waals surface area (Å²) in [6.45, 7) is 8.72. The molecule has 1 aromatic rings. The third-order valence-electron chi connectivity index (χ3n) is 3.64. The molecule has 1 rings (SSSR count). The number of ether oxygens (including phenoxy) is 1. The molecular weight excluding hydrogens is 350 g/mol. The van der Waals surface area contributed by atoms with Gasteiger partial charge in [-0.05, 0) is 52.7 Å². The van der Waals surface area contributed by atoms with Crippen molar-refractivity contribution in [1.82, 2.24) is 5.32 Å². The number of hydrogen-bond donors (Lipinski definition) is 1. The second kappa shape index (κ2) is 12.1. The lowest BCUT2D eigenvalue weighted by Crippen LogP contribution is -2.32. The van der Waals surface area contributed by atoms with Crippen LogP contribution in [0.25, 0.3) is 0 Å². The van der Waals surface area contributed by atoms with Crippen LogP contribution in [0.3, 0.4) is 0 Å². The first-order valence-corrected chi connectivity index (χ1v) is 10.4. The van der Waals surface area contributed by atoms with Crippen LogP contribution in [0.5, 0.6) is 0 Å². The van der Waals surface area contributed by atoms with Crippen LogP contribution in [-0.4, -0.2) is 29.1 Å². The Balaban J connectivity index is 1.94. The lowest BCUT2D eigenvalue weighted by atomic mass is 10.1. The van der Waals surface area contributed by atoms with Crippen molar-refractivity contribution >= 4 is 17.2 Å². The van der Waals surface area contributed by atoms with E-state index in [0.717, 1.165) is 44.1 Å². The van der Waals surface area contributed by atoms with E-state index >= 15 is 0 Å². The van der Waals surface area contributed by atoms with Gasteiger partial charge in [0, 0.05) is 6.54 Å². The number of alkyl carbamates (subject to hydrolysis) is 1. The number of aryl methyl sites for hydroxylation is 1. The van der Waals surface area contributed by atoms with E-state index in [4.69, 9.17) is 8.92 Å². The molecule has 0 saturated carbocycles. The van der Waals surface area contributed by atoms with Gasteiger partial charge in [0.15, 0.2) is 11.1 Å². The molecule has 0 fully saturated rings. The van der Waals surface area contributed by atoms with Crippen LogP contribution in [0, 0.1) is 6.92 Å². The molecule has 0 aromatic heterocycles. The minimum atomic E-state index is -1.37. The molecule has 148 valence electrons. The van der Waals surface area contributed by atoms with Crippen molar-refractivity contribution in [3.8, 4) is 0 Å². The lowest BCUT2D eigenvalue weighted by Gasteiger charge is -2.19. The van der Waals surface area contributed by atoms with E-state index in [-0.39, 0.29) is 6.09 Å². The zero-order valence-corrected chi connectivity index (χ0v) is 17.3. The van der Waals surface area contributed by atoms with Gasteiger partial charge in [-0.1, -0.05) is 43.4 Å². The van der Waals surface area contributed by atoms with Gasteiger partial charge in [0.25, 0.3) is 0 Å². The normalized spacial score (nSPS) is 12.6. The number of carbonyl (C=O) groups is 1. The maximum absolute atomic E-state index is 11.9. The summed E-state index contributed by atoms with van der Waals surface area (Å²) in [6, 6.07) is 7.57. The van der Waals surface area contributed by atoms with Gasteiger partial charge in [-0.2, -0.15) is 0 Å². The molecule has 6 heteroatoms. The topological polar surface area (TPSA) is 64.6 Å². The molecular formula is C20H33NO4S. The lowest BCUT2D eigenvalue weighted by molar-refractivity contribution is 0.0527. The minimum Gasteiger partial charge on any atom is -0.444 e. The fraction of sp³-hybridized carbons (Fsp3) is 0.650. The van der Waals surface area contributed by atoms with Crippen LogP contribution >= 0.6 is 0 Å². The summed E-state index contributed by atoms with van der Waals surface area (Å²) in [5.74, 6) is 0. The molecule has 26 heavy (non-hydrogen) atoms. The Hall–Kier alpha value is -1.40. The Bertz CT molecular complexity index is 552. The van der Waals surface area contributed by atoms with Crippen LogP contribution in [0.15, 0.2) is 29.2 Å². The molecule has 0 spiro atoms. The third-order valence-corrected chi connectivity index (χ3v) is 4.68. The smallest absolute Gasteiger partial charge is 0.407 e. The highest BCUT2D eigenvalue weighted by atomic mass is 32.2. The molecule has 0 saturated heterocycles. The Labute approximate surface area is 160 Å². The van der Waals surface area contributed by atoms with Crippen LogP contribution in [0.4, 0.5) is 4.79 Å². The SMILES string of the molecule is Cc1ccc(S(=O)OCCCCCCCCNC(=O)OC(C)(C)C)cc1. The molecule has 0 radical (unpaired) electrons. The van der Waals surface area contributed by atoms with Gasteiger partial charge in [0.2, 0.25) is 0 Å². The number of benzene rings is 1. The molecule has 1 atom stereocenters. The summed E-state index contributed by atoms with van der Waals surface area (Å²) in [6.07, 6.45) is 5.89. The van der Waals surface area contributed by atoms with Crippen molar-refractivity contribution < 1.29 is 17.9 Å². The van der Waals surface area contributed by atoms with Crippen molar-refractivity contribution in [2.45, 2.75) is 76.7 Å². The monoisotopic (exact) mass is 383 g/mol. The van der Waals surface area contributed by atoms with Gasteiger partial charge in [-0.3, -0.25) is 4.18 Å². The van der Waals surface area contributed by atoms with Crippen molar-refractivity contribution in [3.05, 3.63) is 29.8 Å². The molecule has 0 heterocycles. The predicted octanol–water partition coefficient (Wildman–Crippen LogP) is 4.90. The maximum atomic E-state index is 11.9. The number of rotatable bonds is 11. The molecule has 0 aliphatic carbocycles. The number of unbranched alkanes of at least 4 members (excludes halogenated alkanes) is 5. The van der Waals surface area contributed by atoms with Crippen molar-refractivity contribution in [3.63, 3.8) is 0 Å². The fourth-order valence-corrected chi connectivity index (χ4v) is 3.05. The Morgan fingerprint density at radius 2 is 1.58 bits per heavy atom. The van der Waals surface area contributed by atoms with Gasteiger partial charge in [-0.25, -0.2) is 9.00 Å². The first kappa shape index (κ1) is 22.6. The molecule has 5 nitrogen and oxygen atoms in total. The quantitative estimate of drug-likeness (QED) is 0.552. The highest BCUT2D eigenvalue weighted by Crippen LogP contribution is 2.11. The van der Waals surface area contributed by atoms with Gasteiger partial charge in [0.05, 0.1) is 11.5 Å². The first-order valence-electron chi connectivity index (χ1n) is 9.36. The van der Waals surface area contributed by atoms with Crippen LogP contribution in [0.2, 0.25) is 0 Å². The Morgan fingerprint density at radius 3 is 2.19 bits per heavy atom. The average Bonchev–Trinajstić information content (AvgIpc) is 2.55. The zero-order valence-electron chi connectivity index (χ0n) is 16.5. The zero-order chi connectivity index (χ0) is 19.4. The molecule has 1 aromatic carbocycles. The van der Waals surface area contributed by atoms with Crippen LogP contribution in [-0.2, 0) is 20.0 Å². The number of carbonyl (C=O) groups excluding carboxylic acids is 1. The second-order valence-electron chi connectivity index (χ2n) is 7.42. The van der Waals surface area contributed by atoms with E-state index in [9.17, 15) is 9.00 Å². The third kappa shape index (κ3) is 11.3. The van der Waals surface area contributed by atoms with Crippen LogP contribution in [0.1, 0.15) is 64.9 Å². The Morgan fingerprint density at radius 1 is 1.00 bits per heavy atom.